The number of aliphatic hydroxyl groups excluding tert-OH is 2. The van der Waals surface area contributed by atoms with Gasteiger partial charge in [0.1, 0.15) is 0 Å². The van der Waals surface area contributed by atoms with Crippen molar-refractivity contribution in [2.45, 2.75) is 26.0 Å². The van der Waals surface area contributed by atoms with Gasteiger partial charge in [0.15, 0.2) is 0 Å². The molecule has 2 atom stereocenters. The number of amides is 1. The van der Waals surface area contributed by atoms with Gasteiger partial charge < -0.3 is 20.6 Å². The summed E-state index contributed by atoms with van der Waals surface area (Å²) in [6, 6.07) is 7.97. The maximum atomic E-state index is 12.0. The molecule has 0 unspecified atom stereocenters. The van der Waals surface area contributed by atoms with Crippen molar-refractivity contribution in [3.8, 4) is 0 Å². The molecule has 1 aromatic carbocycles. The normalized spacial score (nSPS) is 20.6. The first-order valence-electron chi connectivity index (χ1n) is 7.92. The van der Waals surface area contributed by atoms with E-state index in [4.69, 9.17) is 15.0 Å². The number of nitrogens with one attached hydrogen (secondary N) is 1. The minimum Gasteiger partial charge on any atom is -0.483 e. The van der Waals surface area contributed by atoms with E-state index in [-0.39, 0.29) is 24.9 Å². The average molecular weight is 338 g/mol. The molecule has 0 radical (unpaired) electrons. The highest BCUT2D eigenvalue weighted by atomic mass is 16.3. The molecule has 0 aromatic heterocycles. The fourth-order valence-corrected chi connectivity index (χ4v) is 2.66. The van der Waals surface area contributed by atoms with Crippen LogP contribution in [0.1, 0.15) is 17.5 Å². The molecule has 0 bridgehead atoms. The fourth-order valence-electron chi connectivity index (χ4n) is 2.66. The Balaban J connectivity index is 0.000000891. The van der Waals surface area contributed by atoms with Crippen LogP contribution < -0.4 is 5.32 Å². The van der Waals surface area contributed by atoms with Crippen LogP contribution in [0.15, 0.2) is 24.3 Å². The number of rotatable bonds is 5. The van der Waals surface area contributed by atoms with Gasteiger partial charge in [-0.1, -0.05) is 24.3 Å². The molecular weight excluding hydrogens is 312 g/mol. The third kappa shape index (κ3) is 6.66. The highest BCUT2D eigenvalue weighted by Crippen LogP contribution is 2.16. The number of carbonyl (C=O) groups is 2. The quantitative estimate of drug-likeness (QED) is 0.562. The van der Waals surface area contributed by atoms with E-state index in [1.807, 2.05) is 36.1 Å². The minimum absolute atomic E-state index is 0.00842. The molecule has 1 saturated heterocycles. The van der Waals surface area contributed by atoms with Crippen LogP contribution >= 0.6 is 0 Å². The van der Waals surface area contributed by atoms with Crippen molar-refractivity contribution >= 4 is 12.4 Å². The maximum Gasteiger partial charge on any atom is 0.290 e. The minimum atomic E-state index is -0.548. The molecule has 1 aliphatic rings. The topological polar surface area (TPSA) is 110 Å². The number of likely N-dealkylation sites (tertiary alicyclic amines) is 1. The zero-order valence-electron chi connectivity index (χ0n) is 13.9. The number of benzene rings is 1. The standard InChI is InChI=1S/C16H24N2O3.CH2O2/c1-12-4-2-3-5-13(12)8-17-16(21)10-18-7-6-14(11-19)15(20)9-18;2-1-3/h2-5,14-15,19-20H,6-11H2,1H3,(H,17,21);1H,(H,2,3)/t14-,15+;/m1./s1. The molecule has 0 saturated carbocycles. The van der Waals surface area contributed by atoms with E-state index in [0.717, 1.165) is 24.1 Å². The Hall–Kier alpha value is -1.96. The van der Waals surface area contributed by atoms with Crippen molar-refractivity contribution in [1.82, 2.24) is 10.2 Å². The Labute approximate surface area is 141 Å². The molecule has 0 aliphatic carbocycles. The molecule has 7 nitrogen and oxygen atoms in total. The molecule has 1 fully saturated rings. The summed E-state index contributed by atoms with van der Waals surface area (Å²) in [6.07, 6.45) is 0.177. The first-order valence-corrected chi connectivity index (χ1v) is 7.92. The first kappa shape index (κ1) is 20.1. The lowest BCUT2D eigenvalue weighted by Gasteiger charge is -2.34. The molecule has 1 aromatic rings. The number of hydrogen-bond acceptors (Lipinski definition) is 5. The zero-order chi connectivity index (χ0) is 17.9. The second-order valence-corrected chi connectivity index (χ2v) is 5.84. The lowest BCUT2D eigenvalue weighted by molar-refractivity contribution is -0.124. The molecule has 1 amide bonds. The second-order valence-electron chi connectivity index (χ2n) is 5.84. The predicted octanol–water partition coefficient (Wildman–Crippen LogP) is -0.0129. The van der Waals surface area contributed by atoms with Gasteiger partial charge in [-0.05, 0) is 31.0 Å². The van der Waals surface area contributed by atoms with Gasteiger partial charge in [-0.2, -0.15) is 0 Å². The van der Waals surface area contributed by atoms with E-state index in [1.54, 1.807) is 0 Å². The van der Waals surface area contributed by atoms with Crippen molar-refractivity contribution in [3.63, 3.8) is 0 Å². The van der Waals surface area contributed by atoms with E-state index in [0.29, 0.717) is 19.6 Å². The average Bonchev–Trinajstić information content (AvgIpc) is 2.55. The highest BCUT2D eigenvalue weighted by molar-refractivity contribution is 5.78. The summed E-state index contributed by atoms with van der Waals surface area (Å²) in [5, 5.41) is 28.8. The van der Waals surface area contributed by atoms with Crippen LogP contribution in [0.4, 0.5) is 0 Å². The largest absolute Gasteiger partial charge is 0.483 e. The third-order valence-electron chi connectivity index (χ3n) is 4.14. The summed E-state index contributed by atoms with van der Waals surface area (Å²) in [4.78, 5) is 22.3. The SMILES string of the molecule is Cc1ccccc1CNC(=O)CN1CC[C@H](CO)[C@@H](O)C1.O=CO. The molecule has 1 heterocycles. The van der Waals surface area contributed by atoms with E-state index < -0.39 is 6.10 Å². The molecule has 24 heavy (non-hydrogen) atoms. The molecule has 134 valence electrons. The maximum absolute atomic E-state index is 12.0. The van der Waals surface area contributed by atoms with Crippen molar-refractivity contribution in [3.05, 3.63) is 35.4 Å². The van der Waals surface area contributed by atoms with Crippen molar-refractivity contribution in [2.75, 3.05) is 26.2 Å². The number of nitrogens with zero attached hydrogens (tertiary/aromatic N) is 1. The zero-order valence-corrected chi connectivity index (χ0v) is 13.9. The van der Waals surface area contributed by atoms with Gasteiger partial charge in [-0.15, -0.1) is 0 Å². The Morgan fingerprint density at radius 1 is 1.42 bits per heavy atom. The number of carbonyl (C=O) groups excluding carboxylic acids is 1. The van der Waals surface area contributed by atoms with Gasteiger partial charge in [-0.25, -0.2) is 0 Å². The second kappa shape index (κ2) is 10.7. The van der Waals surface area contributed by atoms with E-state index >= 15 is 0 Å². The summed E-state index contributed by atoms with van der Waals surface area (Å²) in [6.45, 7) is 3.79. The van der Waals surface area contributed by atoms with Crippen LogP contribution in [0.2, 0.25) is 0 Å². The van der Waals surface area contributed by atoms with Gasteiger partial charge in [-0.3, -0.25) is 14.5 Å². The first-order chi connectivity index (χ1) is 11.5. The van der Waals surface area contributed by atoms with Crippen LogP contribution in [0.3, 0.4) is 0 Å². The van der Waals surface area contributed by atoms with Gasteiger partial charge >= 0.3 is 0 Å². The van der Waals surface area contributed by atoms with Crippen molar-refractivity contribution in [2.24, 2.45) is 5.92 Å². The van der Waals surface area contributed by atoms with Crippen LogP contribution in [0.5, 0.6) is 0 Å². The number of hydrogen-bond donors (Lipinski definition) is 4. The van der Waals surface area contributed by atoms with Crippen LogP contribution in [-0.4, -0.2) is 64.9 Å². The smallest absolute Gasteiger partial charge is 0.290 e. The monoisotopic (exact) mass is 338 g/mol. The summed E-state index contributed by atoms with van der Waals surface area (Å²) in [7, 11) is 0. The Morgan fingerprint density at radius 3 is 2.67 bits per heavy atom. The molecule has 7 heteroatoms. The van der Waals surface area contributed by atoms with E-state index in [9.17, 15) is 9.90 Å². The summed E-state index contributed by atoms with van der Waals surface area (Å²) < 4.78 is 0. The van der Waals surface area contributed by atoms with E-state index in [1.165, 1.54) is 0 Å². The summed E-state index contributed by atoms with van der Waals surface area (Å²) in [5.41, 5.74) is 2.28. The Bertz CT molecular complexity index is 523. The Kier molecular flexibility index (Phi) is 8.99. The molecular formula is C17H26N2O5. The molecule has 1 aliphatic heterocycles. The van der Waals surface area contributed by atoms with Gasteiger partial charge in [0.2, 0.25) is 5.91 Å². The summed E-state index contributed by atoms with van der Waals surface area (Å²) in [5.74, 6) is -0.0934. The number of aryl methyl sites for hydroxylation is 1. The fraction of sp³-hybridized carbons (Fsp3) is 0.529. The Morgan fingerprint density at radius 2 is 2.08 bits per heavy atom. The summed E-state index contributed by atoms with van der Waals surface area (Å²) >= 11 is 0. The van der Waals surface area contributed by atoms with Gasteiger partial charge in [0.25, 0.3) is 6.47 Å². The van der Waals surface area contributed by atoms with Crippen molar-refractivity contribution in [1.29, 1.82) is 0 Å². The van der Waals surface area contributed by atoms with E-state index in [2.05, 4.69) is 5.32 Å². The third-order valence-corrected chi connectivity index (χ3v) is 4.14. The van der Waals surface area contributed by atoms with Crippen LogP contribution in [0.25, 0.3) is 0 Å². The highest BCUT2D eigenvalue weighted by Gasteiger charge is 2.27. The number of carboxylic acid groups (broad SMARTS) is 1. The number of aliphatic hydroxyl groups is 2. The molecule has 0 spiro atoms. The predicted molar refractivity (Wildman–Crippen MR) is 89.4 cm³/mol. The van der Waals surface area contributed by atoms with Crippen molar-refractivity contribution < 1.29 is 24.9 Å². The lowest BCUT2D eigenvalue weighted by atomic mass is 9.95. The number of β-amino-alcohol motifs (C(OH)–C–C–N with tert-alkyl or cyclic N) is 1. The molecule has 4 N–H and O–H groups in total. The van der Waals surface area contributed by atoms with Gasteiger partial charge in [0, 0.05) is 25.6 Å². The van der Waals surface area contributed by atoms with Crippen LogP contribution in [0, 0.1) is 12.8 Å². The van der Waals surface area contributed by atoms with Crippen LogP contribution in [-0.2, 0) is 16.1 Å². The lowest BCUT2D eigenvalue weighted by Crippen LogP contribution is -2.48. The molecule has 2 rings (SSSR count). The number of piperidine rings is 1. The van der Waals surface area contributed by atoms with Gasteiger partial charge in [0.05, 0.1) is 12.6 Å².